The summed E-state index contributed by atoms with van der Waals surface area (Å²) in [6, 6.07) is 21.5. The van der Waals surface area contributed by atoms with E-state index in [1.807, 2.05) is 18.2 Å². The monoisotopic (exact) mass is 455 g/mol. The number of aromatic nitrogens is 1. The highest BCUT2D eigenvalue weighted by Gasteiger charge is 2.20. The largest absolute Gasteiger partial charge is 0.322 e. The lowest BCUT2D eigenvalue weighted by molar-refractivity contribution is 0.102. The molecule has 6 nitrogen and oxygen atoms in total. The van der Waals surface area contributed by atoms with Gasteiger partial charge >= 0.3 is 0 Å². The second-order valence-electron chi connectivity index (χ2n) is 7.73. The maximum atomic E-state index is 12.9. The number of fused-ring (bicyclic) bond motifs is 1. The zero-order chi connectivity index (χ0) is 23.6. The second-order valence-corrected chi connectivity index (χ2v) is 9.72. The van der Waals surface area contributed by atoms with E-state index in [2.05, 4.69) is 41.5 Å². The van der Waals surface area contributed by atoms with Crippen LogP contribution in [0.25, 0.3) is 22.0 Å². The van der Waals surface area contributed by atoms with Gasteiger partial charge < -0.3 is 5.32 Å². The van der Waals surface area contributed by atoms with Gasteiger partial charge in [-0.05, 0) is 53.8 Å². The van der Waals surface area contributed by atoms with Crippen molar-refractivity contribution < 1.29 is 13.2 Å². The van der Waals surface area contributed by atoms with Crippen LogP contribution in [0.3, 0.4) is 0 Å². The van der Waals surface area contributed by atoms with Crippen molar-refractivity contribution in [2.24, 2.45) is 0 Å². The van der Waals surface area contributed by atoms with Crippen LogP contribution in [-0.4, -0.2) is 25.6 Å². The third-order valence-electron chi connectivity index (χ3n) is 5.39. The number of sulfone groups is 1. The first-order chi connectivity index (χ1) is 15.8. The van der Waals surface area contributed by atoms with Crippen LogP contribution >= 0.6 is 0 Å². The fourth-order valence-electron chi connectivity index (χ4n) is 3.59. The summed E-state index contributed by atoms with van der Waals surface area (Å²) in [5.41, 5.74) is 3.77. The average Bonchev–Trinajstić information content (AvgIpc) is 2.82. The van der Waals surface area contributed by atoms with Crippen LogP contribution in [0.15, 0.2) is 77.8 Å². The number of nitrogens with zero attached hydrogens (tertiary/aromatic N) is 2. The molecule has 0 aliphatic heterocycles. The van der Waals surface area contributed by atoms with E-state index < -0.39 is 15.7 Å². The van der Waals surface area contributed by atoms with E-state index in [0.717, 1.165) is 34.7 Å². The first-order valence-electron chi connectivity index (χ1n) is 10.3. The first kappa shape index (κ1) is 22.2. The first-order valence-corrected chi connectivity index (χ1v) is 12.2. The van der Waals surface area contributed by atoms with Gasteiger partial charge in [0.15, 0.2) is 9.84 Å². The van der Waals surface area contributed by atoms with Gasteiger partial charge in [-0.25, -0.2) is 8.42 Å². The van der Waals surface area contributed by atoms with Crippen LogP contribution in [0, 0.1) is 11.3 Å². The molecule has 0 atom stereocenters. The molecule has 1 N–H and O–H groups in total. The van der Waals surface area contributed by atoms with Crippen LogP contribution in [0.5, 0.6) is 0 Å². The molecule has 0 saturated carbocycles. The van der Waals surface area contributed by atoms with Gasteiger partial charge in [-0.2, -0.15) is 5.26 Å². The van der Waals surface area contributed by atoms with Crippen molar-refractivity contribution in [1.29, 1.82) is 5.26 Å². The van der Waals surface area contributed by atoms with Crippen LogP contribution < -0.4 is 5.32 Å². The van der Waals surface area contributed by atoms with Gasteiger partial charge in [-0.15, -0.1) is 0 Å². The molecule has 1 amide bonds. The summed E-state index contributed by atoms with van der Waals surface area (Å²) in [5.74, 6) is -0.604. The number of hydrogen-bond acceptors (Lipinski definition) is 5. The molecule has 0 unspecified atom stereocenters. The normalized spacial score (nSPS) is 11.2. The van der Waals surface area contributed by atoms with Gasteiger partial charge in [0, 0.05) is 29.1 Å². The molecule has 0 aliphatic rings. The minimum atomic E-state index is -3.65. The standard InChI is InChI=1S/C26H21N3O3S/c1-3-17-4-7-19(8-5-17)24-14-20-9-10-22(13-21(20)16-28-24)29-26(30)23-12-18(15-27)6-11-25(23)33(2,31)32/h4-14,16H,3H2,1-2H3,(H,29,30). The zero-order valence-electron chi connectivity index (χ0n) is 18.2. The lowest BCUT2D eigenvalue weighted by atomic mass is 10.0. The highest BCUT2D eigenvalue weighted by atomic mass is 32.2. The van der Waals surface area contributed by atoms with Gasteiger partial charge in [0.25, 0.3) is 5.91 Å². The SMILES string of the molecule is CCc1ccc(-c2cc3ccc(NC(=O)c4cc(C#N)ccc4S(C)(=O)=O)cc3cn2)cc1. The van der Waals surface area contributed by atoms with Crippen molar-refractivity contribution in [2.45, 2.75) is 18.2 Å². The van der Waals surface area contributed by atoms with Crippen molar-refractivity contribution >= 4 is 32.2 Å². The van der Waals surface area contributed by atoms with Crippen molar-refractivity contribution in [3.05, 3.63) is 89.6 Å². The van der Waals surface area contributed by atoms with Crippen molar-refractivity contribution in [2.75, 3.05) is 11.6 Å². The molecule has 0 radical (unpaired) electrons. The molecular formula is C26H21N3O3S. The Bertz CT molecular complexity index is 1520. The van der Waals surface area contributed by atoms with E-state index in [1.54, 1.807) is 18.3 Å². The smallest absolute Gasteiger partial charge is 0.257 e. The van der Waals surface area contributed by atoms with E-state index >= 15 is 0 Å². The highest BCUT2D eigenvalue weighted by molar-refractivity contribution is 7.90. The summed E-state index contributed by atoms with van der Waals surface area (Å²) in [4.78, 5) is 17.3. The summed E-state index contributed by atoms with van der Waals surface area (Å²) in [6.07, 6.45) is 3.75. The predicted octanol–water partition coefficient (Wildman–Crippen LogP) is 4.99. The number of nitriles is 1. The minimum Gasteiger partial charge on any atom is -0.322 e. The molecule has 3 aromatic carbocycles. The molecule has 4 aromatic rings. The molecule has 33 heavy (non-hydrogen) atoms. The number of benzene rings is 3. The number of carbonyl (C=O) groups excluding carboxylic acids is 1. The highest BCUT2D eigenvalue weighted by Crippen LogP contribution is 2.26. The van der Waals surface area contributed by atoms with E-state index in [0.29, 0.717) is 5.69 Å². The Morgan fingerprint density at radius 3 is 2.42 bits per heavy atom. The van der Waals surface area contributed by atoms with Crippen LogP contribution in [0.1, 0.15) is 28.4 Å². The molecule has 1 heterocycles. The molecular weight excluding hydrogens is 434 g/mol. The summed E-state index contributed by atoms with van der Waals surface area (Å²) in [7, 11) is -3.65. The molecule has 0 spiro atoms. The Hall–Kier alpha value is -4.02. The van der Waals surface area contributed by atoms with E-state index in [1.165, 1.54) is 23.8 Å². The summed E-state index contributed by atoms with van der Waals surface area (Å²) >= 11 is 0. The number of pyridine rings is 1. The molecule has 0 saturated heterocycles. The van der Waals surface area contributed by atoms with Crippen molar-refractivity contribution in [3.8, 4) is 17.3 Å². The van der Waals surface area contributed by atoms with Crippen molar-refractivity contribution in [3.63, 3.8) is 0 Å². The number of amides is 1. The fourth-order valence-corrected chi connectivity index (χ4v) is 4.45. The Kier molecular flexibility index (Phi) is 5.95. The molecule has 164 valence electrons. The minimum absolute atomic E-state index is 0.0688. The maximum Gasteiger partial charge on any atom is 0.257 e. The number of hydrogen-bond donors (Lipinski definition) is 1. The van der Waals surface area contributed by atoms with Gasteiger partial charge in [0.05, 0.1) is 27.8 Å². The predicted molar refractivity (Wildman–Crippen MR) is 129 cm³/mol. The quantitative estimate of drug-likeness (QED) is 0.457. The second kappa shape index (κ2) is 8.85. The third kappa shape index (κ3) is 4.76. The van der Waals surface area contributed by atoms with Crippen LogP contribution in [-0.2, 0) is 16.3 Å². The number of rotatable bonds is 5. The maximum absolute atomic E-state index is 12.9. The van der Waals surface area contributed by atoms with Gasteiger partial charge in [-0.1, -0.05) is 37.3 Å². The molecule has 7 heteroatoms. The lowest BCUT2D eigenvalue weighted by Gasteiger charge is -2.11. The van der Waals surface area contributed by atoms with E-state index in [-0.39, 0.29) is 16.0 Å². The summed E-state index contributed by atoms with van der Waals surface area (Å²) in [5, 5.41) is 13.7. The van der Waals surface area contributed by atoms with Crippen molar-refractivity contribution in [1.82, 2.24) is 4.98 Å². The number of aryl methyl sites for hydroxylation is 1. The third-order valence-corrected chi connectivity index (χ3v) is 6.55. The van der Waals surface area contributed by atoms with E-state index in [4.69, 9.17) is 5.26 Å². The molecule has 4 rings (SSSR count). The summed E-state index contributed by atoms with van der Waals surface area (Å²) in [6.45, 7) is 2.11. The van der Waals surface area contributed by atoms with Gasteiger partial charge in [-0.3, -0.25) is 9.78 Å². The average molecular weight is 456 g/mol. The number of carbonyl (C=O) groups is 1. The van der Waals surface area contributed by atoms with Gasteiger partial charge in [0.2, 0.25) is 0 Å². The Balaban J connectivity index is 1.63. The molecule has 0 aliphatic carbocycles. The lowest BCUT2D eigenvalue weighted by Crippen LogP contribution is -2.16. The fraction of sp³-hybridized carbons (Fsp3) is 0.115. The molecule has 0 fully saturated rings. The Labute approximate surface area is 192 Å². The topological polar surface area (TPSA) is 99.9 Å². The molecule has 1 aromatic heterocycles. The van der Waals surface area contributed by atoms with Crippen LogP contribution in [0.2, 0.25) is 0 Å². The zero-order valence-corrected chi connectivity index (χ0v) is 19.0. The van der Waals surface area contributed by atoms with Crippen LogP contribution in [0.4, 0.5) is 5.69 Å². The van der Waals surface area contributed by atoms with Gasteiger partial charge in [0.1, 0.15) is 0 Å². The number of anilines is 1. The summed E-state index contributed by atoms with van der Waals surface area (Å²) < 4.78 is 24.2. The number of nitrogens with one attached hydrogen (secondary N) is 1. The van der Waals surface area contributed by atoms with E-state index in [9.17, 15) is 13.2 Å². The Morgan fingerprint density at radius 2 is 1.76 bits per heavy atom. The Morgan fingerprint density at radius 1 is 1.00 bits per heavy atom. The molecule has 0 bridgehead atoms.